The lowest BCUT2D eigenvalue weighted by atomic mass is 10.3. The van der Waals surface area contributed by atoms with Gasteiger partial charge >= 0.3 is 0 Å². The zero-order valence-electron chi connectivity index (χ0n) is 13.0. The number of benzene rings is 1. The van der Waals surface area contributed by atoms with Gasteiger partial charge in [-0.25, -0.2) is 4.68 Å². The molecule has 1 amide bonds. The van der Waals surface area contributed by atoms with Crippen LogP contribution < -0.4 is 0 Å². The number of thioether (sulfide) groups is 1. The van der Waals surface area contributed by atoms with Gasteiger partial charge in [0.15, 0.2) is 8.29 Å². The fourth-order valence-corrected chi connectivity index (χ4v) is 5.01. The molecule has 1 aromatic carbocycles. The summed E-state index contributed by atoms with van der Waals surface area (Å²) in [5.74, 6) is 0.113. The average Bonchev–Trinajstić information content (AvgIpc) is 2.96. The Morgan fingerprint density at radius 1 is 1.38 bits per heavy atom. The molecule has 1 saturated heterocycles. The molecule has 2 heterocycles. The van der Waals surface area contributed by atoms with Crippen molar-refractivity contribution in [1.82, 2.24) is 14.7 Å². The maximum Gasteiger partial charge on any atom is 0.236 e. The van der Waals surface area contributed by atoms with Gasteiger partial charge in [0.2, 0.25) is 5.91 Å². The Labute approximate surface area is 158 Å². The van der Waals surface area contributed by atoms with Gasteiger partial charge in [-0.3, -0.25) is 4.79 Å². The van der Waals surface area contributed by atoms with E-state index in [0.717, 1.165) is 10.0 Å². The summed E-state index contributed by atoms with van der Waals surface area (Å²) in [6.07, 6.45) is 0. The lowest BCUT2D eigenvalue weighted by Crippen LogP contribution is -2.44. The van der Waals surface area contributed by atoms with Crippen LogP contribution in [0.3, 0.4) is 0 Å². The normalized spacial score (nSPS) is 16.2. The first-order valence-electron chi connectivity index (χ1n) is 7.44. The Hall–Kier alpha value is -0.930. The minimum absolute atomic E-state index is 0.113. The van der Waals surface area contributed by atoms with Crippen molar-refractivity contribution in [3.63, 3.8) is 0 Å². The number of hydrogen-bond donors (Lipinski definition) is 0. The Balaban J connectivity index is 1.71. The van der Waals surface area contributed by atoms with Crippen LogP contribution in [0.25, 0.3) is 5.69 Å². The van der Waals surface area contributed by atoms with Crippen LogP contribution in [0.2, 0.25) is 5.02 Å². The summed E-state index contributed by atoms with van der Waals surface area (Å²) in [5, 5.41) is 4.99. The van der Waals surface area contributed by atoms with Gasteiger partial charge in [-0.1, -0.05) is 34.7 Å². The van der Waals surface area contributed by atoms with Crippen LogP contribution in [0.1, 0.15) is 6.92 Å². The van der Waals surface area contributed by atoms with Crippen molar-refractivity contribution < 1.29 is 9.53 Å². The van der Waals surface area contributed by atoms with Gasteiger partial charge in [-0.2, -0.15) is 0 Å². The van der Waals surface area contributed by atoms with Gasteiger partial charge in [-0.05, 0) is 43.4 Å². The molecule has 1 aliphatic heterocycles. The summed E-state index contributed by atoms with van der Waals surface area (Å²) in [6, 6.07) is 7.34. The minimum Gasteiger partial charge on any atom is -0.378 e. The second-order valence-corrected chi connectivity index (χ2v) is 8.87. The molecular formula is C15H16ClN3O2S3. The van der Waals surface area contributed by atoms with E-state index in [9.17, 15) is 4.79 Å². The number of aromatic nitrogens is 2. The second-order valence-electron chi connectivity index (χ2n) is 5.22. The highest BCUT2D eigenvalue weighted by atomic mass is 35.5. The molecule has 1 unspecified atom stereocenters. The molecule has 128 valence electrons. The number of ether oxygens (including phenoxy) is 1. The van der Waals surface area contributed by atoms with Gasteiger partial charge in [-0.15, -0.1) is 5.10 Å². The Bertz CT molecular complexity index is 769. The largest absolute Gasteiger partial charge is 0.378 e. The third kappa shape index (κ3) is 4.18. The van der Waals surface area contributed by atoms with Crippen molar-refractivity contribution in [2.45, 2.75) is 16.5 Å². The first-order chi connectivity index (χ1) is 11.5. The van der Waals surface area contributed by atoms with Crippen molar-refractivity contribution in [3.05, 3.63) is 33.2 Å². The van der Waals surface area contributed by atoms with Gasteiger partial charge in [0.1, 0.15) is 0 Å². The molecule has 0 radical (unpaired) electrons. The van der Waals surface area contributed by atoms with E-state index < -0.39 is 0 Å². The molecule has 5 nitrogen and oxygen atoms in total. The quantitative estimate of drug-likeness (QED) is 0.578. The fourth-order valence-electron chi connectivity index (χ4n) is 2.30. The number of rotatable bonds is 4. The zero-order valence-corrected chi connectivity index (χ0v) is 16.2. The number of hydrogen-bond acceptors (Lipinski definition) is 6. The van der Waals surface area contributed by atoms with Crippen LogP contribution in [0.5, 0.6) is 0 Å². The Morgan fingerprint density at radius 2 is 2.04 bits per heavy atom. The fraction of sp³-hybridized carbons (Fsp3) is 0.400. The molecule has 9 heteroatoms. The summed E-state index contributed by atoms with van der Waals surface area (Å²) in [4.78, 5) is 14.3. The average molecular weight is 402 g/mol. The highest BCUT2D eigenvalue weighted by Gasteiger charge is 2.24. The predicted molar refractivity (Wildman–Crippen MR) is 100 cm³/mol. The summed E-state index contributed by atoms with van der Waals surface area (Å²) in [7, 11) is 0. The third-order valence-corrected chi connectivity index (χ3v) is 6.20. The smallest absolute Gasteiger partial charge is 0.236 e. The summed E-state index contributed by atoms with van der Waals surface area (Å²) >= 11 is 14.2. The minimum atomic E-state index is -0.206. The number of halogens is 1. The van der Waals surface area contributed by atoms with Gasteiger partial charge in [0.05, 0.1) is 24.2 Å². The van der Waals surface area contributed by atoms with E-state index in [1.807, 2.05) is 24.0 Å². The SMILES string of the molecule is CC(Sc1nn(-c2ccc(Cl)cc2)c(=S)s1)C(=O)N1CCOCC1. The van der Waals surface area contributed by atoms with E-state index in [-0.39, 0.29) is 11.2 Å². The van der Waals surface area contributed by atoms with Crippen molar-refractivity contribution in [3.8, 4) is 5.69 Å². The Morgan fingerprint density at radius 3 is 2.71 bits per heavy atom. The number of morpholine rings is 1. The van der Waals surface area contributed by atoms with Gasteiger partial charge < -0.3 is 9.64 Å². The molecule has 0 spiro atoms. The topological polar surface area (TPSA) is 47.4 Å². The van der Waals surface area contributed by atoms with E-state index in [0.29, 0.717) is 35.3 Å². The molecule has 1 aliphatic rings. The molecule has 1 fully saturated rings. The lowest BCUT2D eigenvalue weighted by Gasteiger charge is -2.28. The second kappa shape index (κ2) is 7.97. The molecule has 1 atom stereocenters. The number of carbonyl (C=O) groups is 1. The van der Waals surface area contributed by atoms with Crippen molar-refractivity contribution >= 4 is 52.8 Å². The van der Waals surface area contributed by atoms with Crippen LogP contribution in [0.15, 0.2) is 28.6 Å². The van der Waals surface area contributed by atoms with Crippen LogP contribution in [0.4, 0.5) is 0 Å². The van der Waals surface area contributed by atoms with E-state index in [1.54, 1.807) is 16.8 Å². The Kier molecular flexibility index (Phi) is 5.93. The first-order valence-corrected chi connectivity index (χ1v) is 9.92. The van der Waals surface area contributed by atoms with E-state index in [2.05, 4.69) is 5.10 Å². The molecule has 0 aliphatic carbocycles. The van der Waals surface area contributed by atoms with Crippen molar-refractivity contribution in [2.75, 3.05) is 26.3 Å². The molecule has 0 N–H and O–H groups in total. The molecule has 0 bridgehead atoms. The van der Waals surface area contributed by atoms with E-state index in [4.69, 9.17) is 28.6 Å². The maximum absolute atomic E-state index is 12.5. The predicted octanol–water partition coefficient (Wildman–Crippen LogP) is 3.66. The zero-order chi connectivity index (χ0) is 17.1. The molecule has 2 aromatic rings. The third-order valence-electron chi connectivity index (χ3n) is 3.55. The van der Waals surface area contributed by atoms with Crippen molar-refractivity contribution in [1.29, 1.82) is 0 Å². The molecular weight excluding hydrogens is 386 g/mol. The molecule has 0 saturated carbocycles. The van der Waals surface area contributed by atoms with Crippen LogP contribution in [-0.4, -0.2) is 52.1 Å². The van der Waals surface area contributed by atoms with Gasteiger partial charge in [0.25, 0.3) is 0 Å². The summed E-state index contributed by atoms with van der Waals surface area (Å²) in [5.41, 5.74) is 0.861. The number of carbonyl (C=O) groups excluding carboxylic acids is 1. The first kappa shape index (κ1) is 17.9. The standard InChI is InChI=1S/C15H16ClN3O2S3/c1-10(13(20)18-6-8-21-9-7-18)23-14-17-19(15(22)24-14)12-4-2-11(16)3-5-12/h2-5,10H,6-9H2,1H3. The molecule has 1 aromatic heterocycles. The van der Waals surface area contributed by atoms with Crippen molar-refractivity contribution in [2.24, 2.45) is 0 Å². The maximum atomic E-state index is 12.5. The van der Waals surface area contributed by atoms with Crippen LogP contribution >= 0.6 is 46.9 Å². The van der Waals surface area contributed by atoms with E-state index in [1.165, 1.54) is 23.1 Å². The monoisotopic (exact) mass is 401 g/mol. The molecule has 3 rings (SSSR count). The van der Waals surface area contributed by atoms with E-state index >= 15 is 0 Å². The number of nitrogens with zero attached hydrogens (tertiary/aromatic N) is 3. The highest BCUT2D eigenvalue weighted by molar-refractivity contribution is 8.02. The highest BCUT2D eigenvalue weighted by Crippen LogP contribution is 2.29. The van der Waals surface area contributed by atoms with Crippen LogP contribution in [0, 0.1) is 3.95 Å². The summed E-state index contributed by atoms with van der Waals surface area (Å²) < 4.78 is 8.41. The van der Waals surface area contributed by atoms with Crippen LogP contribution in [-0.2, 0) is 9.53 Å². The summed E-state index contributed by atoms with van der Waals surface area (Å²) in [6.45, 7) is 4.41. The lowest BCUT2D eigenvalue weighted by molar-refractivity contribution is -0.134. The van der Waals surface area contributed by atoms with Gasteiger partial charge in [0, 0.05) is 18.1 Å². The number of amides is 1. The molecule has 24 heavy (non-hydrogen) atoms.